The van der Waals surface area contributed by atoms with E-state index in [2.05, 4.69) is 14.6 Å². The zero-order valence-electron chi connectivity index (χ0n) is 14.8. The number of pyridine rings is 1. The number of rotatable bonds is 4. The second kappa shape index (κ2) is 6.25. The highest BCUT2D eigenvalue weighted by atomic mass is 19.4. The third-order valence-corrected chi connectivity index (χ3v) is 4.91. The summed E-state index contributed by atoms with van der Waals surface area (Å²) in [6.45, 7) is 5.15. The average Bonchev–Trinajstić information content (AvgIpc) is 2.52. The Bertz CT molecular complexity index is 786. The van der Waals surface area contributed by atoms with Crippen molar-refractivity contribution < 1.29 is 23.0 Å². The number of aryl methyl sites for hydroxylation is 1. The van der Waals surface area contributed by atoms with Gasteiger partial charge in [0.2, 0.25) is 0 Å². The van der Waals surface area contributed by atoms with E-state index in [0.717, 1.165) is 5.56 Å². The first-order chi connectivity index (χ1) is 12.0. The van der Waals surface area contributed by atoms with E-state index in [1.165, 1.54) is 24.3 Å². The minimum Gasteiger partial charge on any atom is -0.406 e. The highest BCUT2D eigenvalue weighted by Gasteiger charge is 2.55. The number of likely N-dealkylation sites (tertiary alicyclic amines) is 1. The van der Waals surface area contributed by atoms with Gasteiger partial charge in [-0.15, -0.1) is 13.2 Å². The van der Waals surface area contributed by atoms with E-state index in [1.54, 1.807) is 12.4 Å². The van der Waals surface area contributed by atoms with Crippen LogP contribution in [-0.2, 0) is 5.60 Å². The van der Waals surface area contributed by atoms with Crippen LogP contribution >= 0.6 is 0 Å². The summed E-state index contributed by atoms with van der Waals surface area (Å²) in [6, 6.07) is 7.27. The molecule has 1 fully saturated rings. The van der Waals surface area contributed by atoms with Gasteiger partial charge in [-0.05, 0) is 43.3 Å². The van der Waals surface area contributed by atoms with E-state index in [4.69, 9.17) is 0 Å². The summed E-state index contributed by atoms with van der Waals surface area (Å²) in [7, 11) is 1.96. The van der Waals surface area contributed by atoms with Crippen molar-refractivity contribution in [2.24, 2.45) is 5.41 Å². The van der Waals surface area contributed by atoms with Crippen LogP contribution in [0.15, 0.2) is 42.7 Å². The Kier molecular flexibility index (Phi) is 4.48. The molecule has 7 heteroatoms. The van der Waals surface area contributed by atoms with E-state index in [1.807, 2.05) is 27.0 Å². The summed E-state index contributed by atoms with van der Waals surface area (Å²) in [4.78, 5) is 6.26. The van der Waals surface area contributed by atoms with Crippen LogP contribution < -0.4 is 4.74 Å². The molecule has 1 aliphatic heterocycles. The standard InChI is InChI=1S/C19H21F3N2O2/c1-13-8-15(10-23-9-13)18(25,17(2)11-24(3)12-17)14-4-6-16(7-5-14)26-19(20,21)22/h4-10,25H,11-12H2,1-3H3. The second-order valence-electron chi connectivity index (χ2n) is 7.27. The Hall–Kier alpha value is -2.12. The Balaban J connectivity index is 2.04. The molecule has 1 unspecified atom stereocenters. The average molecular weight is 366 g/mol. The van der Waals surface area contributed by atoms with Crippen molar-refractivity contribution in [3.63, 3.8) is 0 Å². The van der Waals surface area contributed by atoms with Gasteiger partial charge >= 0.3 is 6.36 Å². The van der Waals surface area contributed by atoms with E-state index >= 15 is 0 Å². The fraction of sp³-hybridized carbons (Fsp3) is 0.421. The maximum atomic E-state index is 12.4. The largest absolute Gasteiger partial charge is 0.573 e. The van der Waals surface area contributed by atoms with Gasteiger partial charge in [0.05, 0.1) is 0 Å². The van der Waals surface area contributed by atoms with E-state index in [-0.39, 0.29) is 5.75 Å². The van der Waals surface area contributed by atoms with Crippen molar-refractivity contribution in [1.82, 2.24) is 9.88 Å². The van der Waals surface area contributed by atoms with E-state index in [0.29, 0.717) is 24.2 Å². The summed E-state index contributed by atoms with van der Waals surface area (Å²) in [6.07, 6.45) is -1.45. The predicted molar refractivity (Wildman–Crippen MR) is 90.7 cm³/mol. The molecule has 0 amide bonds. The lowest BCUT2D eigenvalue weighted by atomic mass is 9.62. The number of hydrogen-bond acceptors (Lipinski definition) is 4. The number of halogens is 3. The predicted octanol–water partition coefficient (Wildman–Crippen LogP) is 3.48. The molecule has 0 aliphatic carbocycles. The molecule has 140 valence electrons. The molecule has 0 radical (unpaired) electrons. The Labute approximate surface area is 150 Å². The maximum Gasteiger partial charge on any atom is 0.573 e. The SMILES string of the molecule is Cc1cncc(C(O)(c2ccc(OC(F)(F)F)cc2)C2(C)CN(C)C2)c1. The lowest BCUT2D eigenvalue weighted by molar-refractivity contribution is -0.274. The van der Waals surface area contributed by atoms with Crippen molar-refractivity contribution in [2.75, 3.05) is 20.1 Å². The highest BCUT2D eigenvalue weighted by Crippen LogP contribution is 2.50. The van der Waals surface area contributed by atoms with Crippen molar-refractivity contribution in [1.29, 1.82) is 0 Å². The normalized spacial score (nSPS) is 19.5. The van der Waals surface area contributed by atoms with E-state index < -0.39 is 17.4 Å². The maximum absolute atomic E-state index is 12.4. The molecule has 1 saturated heterocycles. The fourth-order valence-corrected chi connectivity index (χ4v) is 3.89. The van der Waals surface area contributed by atoms with Crippen molar-refractivity contribution >= 4 is 0 Å². The molecule has 0 saturated carbocycles. The van der Waals surface area contributed by atoms with Gasteiger partial charge < -0.3 is 14.7 Å². The number of benzene rings is 1. The van der Waals surface area contributed by atoms with Crippen molar-refractivity contribution in [3.05, 3.63) is 59.4 Å². The summed E-state index contributed by atoms with van der Waals surface area (Å²) in [5, 5.41) is 11.8. The molecule has 1 aromatic carbocycles. The zero-order valence-corrected chi connectivity index (χ0v) is 14.8. The number of aliphatic hydroxyl groups is 1. The van der Waals surface area contributed by atoms with Crippen LogP contribution in [-0.4, -0.2) is 41.5 Å². The molecule has 0 bridgehead atoms. The number of hydrogen-bond donors (Lipinski definition) is 1. The van der Waals surface area contributed by atoms with Gasteiger partial charge in [-0.2, -0.15) is 0 Å². The summed E-state index contributed by atoms with van der Waals surface area (Å²) >= 11 is 0. The van der Waals surface area contributed by atoms with Gasteiger partial charge in [0.15, 0.2) is 0 Å². The third kappa shape index (κ3) is 3.29. The molecule has 1 aliphatic rings. The molecular weight excluding hydrogens is 345 g/mol. The molecule has 3 rings (SSSR count). The van der Waals surface area contributed by atoms with Gasteiger partial charge in [-0.1, -0.05) is 19.1 Å². The lowest BCUT2D eigenvalue weighted by Crippen LogP contribution is -2.63. The Morgan fingerprint density at radius 3 is 2.23 bits per heavy atom. The van der Waals surface area contributed by atoms with Crippen LogP contribution in [0.5, 0.6) is 5.75 Å². The first-order valence-electron chi connectivity index (χ1n) is 8.23. The number of aromatic nitrogens is 1. The molecule has 0 spiro atoms. The molecule has 2 aromatic rings. The molecule has 1 aromatic heterocycles. The minimum atomic E-state index is -4.75. The molecule has 2 heterocycles. The molecule has 1 atom stereocenters. The first-order valence-corrected chi connectivity index (χ1v) is 8.23. The first kappa shape index (κ1) is 18.7. The van der Waals surface area contributed by atoms with Gasteiger partial charge in [0.1, 0.15) is 11.4 Å². The molecule has 4 nitrogen and oxygen atoms in total. The number of nitrogens with zero attached hydrogens (tertiary/aromatic N) is 2. The van der Waals surface area contributed by atoms with Crippen molar-refractivity contribution in [3.8, 4) is 5.75 Å². The quantitative estimate of drug-likeness (QED) is 0.900. The lowest BCUT2D eigenvalue weighted by Gasteiger charge is -2.55. The van der Waals surface area contributed by atoms with Crippen LogP contribution in [0.4, 0.5) is 13.2 Å². The minimum absolute atomic E-state index is 0.318. The second-order valence-corrected chi connectivity index (χ2v) is 7.27. The third-order valence-electron chi connectivity index (χ3n) is 4.91. The topological polar surface area (TPSA) is 45.6 Å². The Morgan fingerprint density at radius 1 is 1.12 bits per heavy atom. The smallest absolute Gasteiger partial charge is 0.406 e. The van der Waals surface area contributed by atoms with Gasteiger partial charge in [-0.3, -0.25) is 4.98 Å². The zero-order chi connectivity index (χ0) is 19.2. The van der Waals surface area contributed by atoms with Crippen LogP contribution in [0.2, 0.25) is 0 Å². The van der Waals surface area contributed by atoms with Crippen LogP contribution in [0, 0.1) is 12.3 Å². The Morgan fingerprint density at radius 2 is 1.73 bits per heavy atom. The van der Waals surface area contributed by atoms with Gasteiger partial charge in [0, 0.05) is 36.5 Å². The van der Waals surface area contributed by atoms with Crippen LogP contribution in [0.3, 0.4) is 0 Å². The van der Waals surface area contributed by atoms with Crippen molar-refractivity contribution in [2.45, 2.75) is 25.8 Å². The van der Waals surface area contributed by atoms with Gasteiger partial charge in [0.25, 0.3) is 0 Å². The summed E-state index contributed by atoms with van der Waals surface area (Å²) < 4.78 is 41.1. The molecule has 1 N–H and O–H groups in total. The fourth-order valence-electron chi connectivity index (χ4n) is 3.89. The van der Waals surface area contributed by atoms with Crippen LogP contribution in [0.25, 0.3) is 0 Å². The van der Waals surface area contributed by atoms with E-state index in [9.17, 15) is 18.3 Å². The summed E-state index contributed by atoms with van der Waals surface area (Å²) in [5.74, 6) is -0.318. The highest BCUT2D eigenvalue weighted by molar-refractivity contribution is 5.42. The number of ether oxygens (including phenoxy) is 1. The number of alkyl halides is 3. The molecule has 26 heavy (non-hydrogen) atoms. The monoisotopic (exact) mass is 366 g/mol. The summed E-state index contributed by atoms with van der Waals surface area (Å²) in [5.41, 5.74) is 0.153. The molecular formula is C19H21F3N2O2. The van der Waals surface area contributed by atoms with Gasteiger partial charge in [-0.25, -0.2) is 0 Å². The van der Waals surface area contributed by atoms with Crippen LogP contribution in [0.1, 0.15) is 23.6 Å².